The molecule has 200 valence electrons. The fourth-order valence-corrected chi connectivity index (χ4v) is 3.67. The molecule has 0 bridgehead atoms. The molecule has 36 heavy (non-hydrogen) atoms. The van der Waals surface area contributed by atoms with Gasteiger partial charge in [-0.2, -0.15) is 0 Å². The lowest BCUT2D eigenvalue weighted by molar-refractivity contribution is -0.906. The van der Waals surface area contributed by atoms with E-state index in [0.717, 1.165) is 12.8 Å². The summed E-state index contributed by atoms with van der Waals surface area (Å²) in [4.78, 5) is 25.4. The maximum absolute atomic E-state index is 12.9. The van der Waals surface area contributed by atoms with Gasteiger partial charge in [-0.1, -0.05) is 51.2 Å². The molecular weight excluding hydrogens is 520 g/mol. The number of carbonyl (C=O) groups is 2. The van der Waals surface area contributed by atoms with Crippen molar-refractivity contribution in [3.05, 3.63) is 59.7 Å². The highest BCUT2D eigenvalue weighted by molar-refractivity contribution is 6.06. The van der Waals surface area contributed by atoms with Crippen LogP contribution >= 0.6 is 0 Å². The number of rotatable bonds is 16. The lowest BCUT2D eigenvalue weighted by Gasteiger charge is -2.31. The van der Waals surface area contributed by atoms with E-state index < -0.39 is 12.9 Å². The van der Waals surface area contributed by atoms with E-state index in [1.165, 1.54) is 25.7 Å². The molecule has 6 nitrogen and oxygen atoms in total. The summed E-state index contributed by atoms with van der Waals surface area (Å²) < 4.78 is 34.6. The number of carbonyl (C=O) groups excluding carboxylic acids is 2. The van der Waals surface area contributed by atoms with Crippen molar-refractivity contribution >= 4 is 17.6 Å². The van der Waals surface area contributed by atoms with Crippen molar-refractivity contribution in [2.24, 2.45) is 0 Å². The van der Waals surface area contributed by atoms with E-state index in [4.69, 9.17) is 13.6 Å². The standard InChI is InChI=1S/C29H42N2O4.BrH/c1-5-8-9-10-11-14-22-34-27-16-13-12-15-26(27)28(32)30-25-19-17-24(18-20-25)29(33)35-23-21-31(4,6-2)7-3;/h12-13,15-20H,5-11,14,21-23H2,1-4H3;1H/i4D3;. The minimum atomic E-state index is -2.17. The molecule has 2 aromatic carbocycles. The Hall–Kier alpha value is -2.38. The molecule has 0 aliphatic heterocycles. The van der Waals surface area contributed by atoms with Crippen molar-refractivity contribution in [1.82, 2.24) is 0 Å². The van der Waals surface area contributed by atoms with Gasteiger partial charge in [-0.15, -0.1) is 0 Å². The first-order valence-electron chi connectivity index (χ1n) is 14.3. The quantitative estimate of drug-likeness (QED) is 0.193. The maximum atomic E-state index is 12.9. The van der Waals surface area contributed by atoms with Crippen LogP contribution in [0.25, 0.3) is 0 Å². The Labute approximate surface area is 231 Å². The normalized spacial score (nSPS) is 12.5. The zero-order valence-corrected chi connectivity index (χ0v) is 23.4. The van der Waals surface area contributed by atoms with E-state index >= 15 is 0 Å². The fourth-order valence-electron chi connectivity index (χ4n) is 3.67. The molecule has 1 amide bonds. The van der Waals surface area contributed by atoms with Crippen molar-refractivity contribution in [1.29, 1.82) is 0 Å². The highest BCUT2D eigenvalue weighted by Crippen LogP contribution is 2.21. The highest BCUT2D eigenvalue weighted by Gasteiger charge is 2.18. The Kier molecular flexibility index (Phi) is 12.7. The SMILES string of the molecule is [2H]C([2H])([2H])[N+](CC)(CC)CCOC(=O)c1ccc(NC(=O)c2ccccc2OCCCCCCCC)cc1.[Br-]. The number of amides is 1. The summed E-state index contributed by atoms with van der Waals surface area (Å²) in [5.41, 5.74) is 1.31. The number of nitrogens with zero attached hydrogens (tertiary/aromatic N) is 1. The number of unbranched alkanes of at least 4 members (excludes halogenated alkanes) is 5. The van der Waals surface area contributed by atoms with Gasteiger partial charge >= 0.3 is 5.97 Å². The topological polar surface area (TPSA) is 64.6 Å². The molecule has 0 aromatic heterocycles. The van der Waals surface area contributed by atoms with Crippen LogP contribution in [0.15, 0.2) is 48.5 Å². The Bertz CT molecular complexity index is 1010. The Morgan fingerprint density at radius 2 is 1.56 bits per heavy atom. The maximum Gasteiger partial charge on any atom is 0.338 e. The summed E-state index contributed by atoms with van der Waals surface area (Å²) in [5, 5.41) is 2.85. The largest absolute Gasteiger partial charge is 1.00 e. The number of hydrogen-bond acceptors (Lipinski definition) is 4. The molecule has 0 radical (unpaired) electrons. The lowest BCUT2D eigenvalue weighted by Crippen LogP contribution is -3.00. The Morgan fingerprint density at radius 1 is 0.889 bits per heavy atom. The molecule has 7 heteroatoms. The fraction of sp³-hybridized carbons (Fsp3) is 0.517. The number of anilines is 1. The van der Waals surface area contributed by atoms with E-state index in [1.54, 1.807) is 42.5 Å². The van der Waals surface area contributed by atoms with Gasteiger partial charge in [0.1, 0.15) is 18.9 Å². The van der Waals surface area contributed by atoms with Crippen LogP contribution in [0.5, 0.6) is 5.75 Å². The average Bonchev–Trinajstić information content (AvgIpc) is 2.90. The molecule has 0 atom stereocenters. The first-order valence-corrected chi connectivity index (χ1v) is 12.8. The molecule has 0 spiro atoms. The van der Waals surface area contributed by atoms with Gasteiger partial charge in [0.25, 0.3) is 5.91 Å². The molecule has 0 fully saturated rings. The van der Waals surface area contributed by atoms with Gasteiger partial charge in [-0.05, 0) is 56.7 Å². The van der Waals surface area contributed by atoms with Crippen molar-refractivity contribution in [2.75, 3.05) is 45.1 Å². The Morgan fingerprint density at radius 3 is 2.22 bits per heavy atom. The van der Waals surface area contributed by atoms with Gasteiger partial charge < -0.3 is 36.3 Å². The first-order chi connectivity index (χ1) is 18.2. The zero-order chi connectivity index (χ0) is 28.0. The molecule has 0 aliphatic carbocycles. The number of hydrogen-bond donors (Lipinski definition) is 1. The summed E-state index contributed by atoms with van der Waals surface area (Å²) in [7, 11) is 0. The predicted molar refractivity (Wildman–Crippen MR) is 142 cm³/mol. The average molecular weight is 567 g/mol. The van der Waals surface area contributed by atoms with Gasteiger partial charge in [-0.3, -0.25) is 4.79 Å². The molecular formula is C29H43BrN2O4. The Balaban J connectivity index is 0.00000760. The van der Waals surface area contributed by atoms with Gasteiger partial charge in [-0.25, -0.2) is 4.79 Å². The summed E-state index contributed by atoms with van der Waals surface area (Å²) in [6, 6.07) is 13.6. The molecule has 0 saturated carbocycles. The number of ether oxygens (including phenoxy) is 2. The number of halogens is 1. The van der Waals surface area contributed by atoms with E-state index in [-0.39, 0.29) is 40.5 Å². The van der Waals surface area contributed by atoms with E-state index in [1.807, 2.05) is 19.9 Å². The second-order valence-corrected chi connectivity index (χ2v) is 8.78. The highest BCUT2D eigenvalue weighted by atomic mass is 79.9. The van der Waals surface area contributed by atoms with Crippen molar-refractivity contribution in [2.45, 2.75) is 59.3 Å². The molecule has 1 N–H and O–H groups in total. The van der Waals surface area contributed by atoms with Crippen molar-refractivity contribution in [3.8, 4) is 5.75 Å². The number of benzene rings is 2. The van der Waals surface area contributed by atoms with Gasteiger partial charge in [0.05, 0.1) is 41.9 Å². The van der Waals surface area contributed by atoms with Crippen LogP contribution < -0.4 is 27.0 Å². The number of nitrogens with one attached hydrogen (secondary N) is 1. The third-order valence-corrected chi connectivity index (χ3v) is 6.23. The summed E-state index contributed by atoms with van der Waals surface area (Å²) in [6.07, 6.45) is 6.98. The van der Waals surface area contributed by atoms with Crippen molar-refractivity contribution < 1.29 is 44.6 Å². The van der Waals surface area contributed by atoms with Crippen LogP contribution in [0.2, 0.25) is 0 Å². The van der Waals surface area contributed by atoms with Crippen LogP contribution in [0.1, 0.15) is 84.1 Å². The monoisotopic (exact) mass is 565 g/mol. The minimum absolute atomic E-state index is 0. The lowest BCUT2D eigenvalue weighted by atomic mass is 10.1. The first kappa shape index (κ1) is 26.7. The number of para-hydroxylation sites is 1. The molecule has 2 rings (SSSR count). The van der Waals surface area contributed by atoms with Crippen molar-refractivity contribution in [3.63, 3.8) is 0 Å². The molecule has 0 saturated heterocycles. The molecule has 0 aliphatic rings. The third-order valence-electron chi connectivity index (χ3n) is 6.23. The van der Waals surface area contributed by atoms with Crippen LogP contribution in [0, 0.1) is 0 Å². The van der Waals surface area contributed by atoms with E-state index in [2.05, 4.69) is 12.2 Å². The second-order valence-electron chi connectivity index (χ2n) is 8.78. The number of esters is 1. The van der Waals surface area contributed by atoms with Crippen LogP contribution in [-0.2, 0) is 4.74 Å². The van der Waals surface area contributed by atoms with Crippen LogP contribution in [0.4, 0.5) is 5.69 Å². The smallest absolute Gasteiger partial charge is 0.338 e. The van der Waals surface area contributed by atoms with Crippen LogP contribution in [0.3, 0.4) is 0 Å². The van der Waals surface area contributed by atoms with Gasteiger partial charge in [0.2, 0.25) is 0 Å². The number of quaternary nitrogens is 1. The summed E-state index contributed by atoms with van der Waals surface area (Å²) in [6.45, 7) is 5.30. The third kappa shape index (κ3) is 10.7. The van der Waals surface area contributed by atoms with Gasteiger partial charge in [0, 0.05) is 5.69 Å². The number of likely N-dealkylation sites (N-methyl/N-ethyl adjacent to an activating group) is 1. The van der Waals surface area contributed by atoms with Gasteiger partial charge in [0.15, 0.2) is 0 Å². The second kappa shape index (κ2) is 17.1. The zero-order valence-electron chi connectivity index (χ0n) is 24.9. The summed E-state index contributed by atoms with van der Waals surface area (Å²) >= 11 is 0. The molecule has 0 heterocycles. The summed E-state index contributed by atoms with van der Waals surface area (Å²) in [5.74, 6) is -0.284. The van der Waals surface area contributed by atoms with E-state index in [9.17, 15) is 9.59 Å². The van der Waals surface area contributed by atoms with Crippen LogP contribution in [-0.4, -0.2) is 56.2 Å². The molecule has 2 aromatic rings. The van der Waals surface area contributed by atoms with E-state index in [0.29, 0.717) is 42.3 Å². The minimum Gasteiger partial charge on any atom is -1.00 e. The predicted octanol–water partition coefficient (Wildman–Crippen LogP) is 3.33. The molecule has 0 unspecified atom stereocenters.